The van der Waals surface area contributed by atoms with Crippen LogP contribution in [0.3, 0.4) is 0 Å². The Kier molecular flexibility index (Phi) is 11.1. The zero-order chi connectivity index (χ0) is 17.9. The lowest BCUT2D eigenvalue weighted by atomic mass is 10.2. The Morgan fingerprint density at radius 3 is 2.62 bits per heavy atom. The largest absolute Gasteiger partial charge is 0.484 e. The molecule has 0 aliphatic heterocycles. The van der Waals surface area contributed by atoms with Gasteiger partial charge in [-0.25, -0.2) is 4.99 Å². The van der Waals surface area contributed by atoms with Gasteiger partial charge in [0.1, 0.15) is 5.75 Å². The number of ether oxygens (including phenoxy) is 1. The highest BCUT2D eigenvalue weighted by atomic mass is 127. The van der Waals surface area contributed by atoms with Gasteiger partial charge in [-0.05, 0) is 44.4 Å². The molecule has 1 aromatic carbocycles. The number of carbonyl (C=O) groups is 1. The van der Waals surface area contributed by atoms with Crippen LogP contribution in [0.15, 0.2) is 29.3 Å². The quantitative estimate of drug-likeness (QED) is 0.308. The van der Waals surface area contributed by atoms with Gasteiger partial charge in [-0.3, -0.25) is 4.79 Å². The fraction of sp³-hybridized carbons (Fsp3) is 0.579. The minimum atomic E-state index is -0.110. The third-order valence-electron chi connectivity index (χ3n) is 4.10. The first-order valence-corrected chi connectivity index (χ1v) is 9.24. The van der Waals surface area contributed by atoms with E-state index in [2.05, 4.69) is 27.9 Å². The molecule has 1 saturated carbocycles. The molecule has 0 radical (unpaired) electrons. The molecule has 146 valence electrons. The third kappa shape index (κ3) is 8.25. The number of nitrogens with zero attached hydrogens (tertiary/aromatic N) is 1. The molecule has 1 amide bonds. The van der Waals surface area contributed by atoms with E-state index >= 15 is 0 Å². The van der Waals surface area contributed by atoms with Crippen molar-refractivity contribution < 1.29 is 9.53 Å². The first-order valence-electron chi connectivity index (χ1n) is 9.24. The van der Waals surface area contributed by atoms with Crippen molar-refractivity contribution in [3.8, 4) is 5.75 Å². The summed E-state index contributed by atoms with van der Waals surface area (Å²) in [6.45, 7) is 6.01. The summed E-state index contributed by atoms with van der Waals surface area (Å²) in [6.07, 6.45) is 5.02. The second-order valence-corrected chi connectivity index (χ2v) is 6.21. The lowest BCUT2D eigenvalue weighted by Gasteiger charge is -2.16. The average molecular weight is 474 g/mol. The van der Waals surface area contributed by atoms with Crippen LogP contribution in [0.2, 0.25) is 0 Å². The predicted octanol–water partition coefficient (Wildman–Crippen LogP) is 2.82. The van der Waals surface area contributed by atoms with Gasteiger partial charge < -0.3 is 20.7 Å². The van der Waals surface area contributed by atoms with E-state index in [1.54, 1.807) is 0 Å². The van der Waals surface area contributed by atoms with Gasteiger partial charge in [-0.1, -0.05) is 25.0 Å². The van der Waals surface area contributed by atoms with E-state index in [0.29, 0.717) is 24.9 Å². The van der Waals surface area contributed by atoms with Crippen LogP contribution in [0.25, 0.3) is 0 Å². The lowest BCUT2D eigenvalue weighted by Crippen LogP contribution is -2.42. The summed E-state index contributed by atoms with van der Waals surface area (Å²) in [5.41, 5.74) is 1.05. The summed E-state index contributed by atoms with van der Waals surface area (Å²) in [7, 11) is 0. The van der Waals surface area contributed by atoms with Crippen LogP contribution in [0.1, 0.15) is 45.1 Å². The predicted molar refractivity (Wildman–Crippen MR) is 116 cm³/mol. The molecule has 0 saturated heterocycles. The van der Waals surface area contributed by atoms with Crippen molar-refractivity contribution >= 4 is 35.8 Å². The van der Waals surface area contributed by atoms with E-state index in [1.807, 2.05) is 31.2 Å². The minimum absolute atomic E-state index is 0. The van der Waals surface area contributed by atoms with Crippen LogP contribution in [0.5, 0.6) is 5.75 Å². The van der Waals surface area contributed by atoms with E-state index in [-0.39, 0.29) is 36.5 Å². The Balaban J connectivity index is 0.00000338. The number of amides is 1. The van der Waals surface area contributed by atoms with Gasteiger partial charge in [0.05, 0.1) is 6.54 Å². The Morgan fingerprint density at radius 2 is 1.92 bits per heavy atom. The highest BCUT2D eigenvalue weighted by Crippen LogP contribution is 2.17. The molecule has 1 aliphatic carbocycles. The smallest absolute Gasteiger partial charge is 0.257 e. The third-order valence-corrected chi connectivity index (χ3v) is 4.10. The van der Waals surface area contributed by atoms with Crippen molar-refractivity contribution in [1.82, 2.24) is 16.0 Å². The molecule has 0 heterocycles. The zero-order valence-corrected chi connectivity index (χ0v) is 18.0. The van der Waals surface area contributed by atoms with E-state index < -0.39 is 0 Å². The van der Waals surface area contributed by atoms with Crippen LogP contribution in [0.4, 0.5) is 0 Å². The molecule has 6 nitrogen and oxygen atoms in total. The van der Waals surface area contributed by atoms with Crippen molar-refractivity contribution in [1.29, 1.82) is 0 Å². The van der Waals surface area contributed by atoms with Crippen molar-refractivity contribution in [3.63, 3.8) is 0 Å². The highest BCUT2D eigenvalue weighted by Gasteiger charge is 2.15. The standard InChI is InChI=1S/C19H30N4O2.HI/c1-3-20-18(24)14-25-17-11-7-8-15(12-17)13-22-19(21-4-2)23-16-9-5-6-10-16;/h7-8,11-12,16H,3-6,9-10,13-14H2,1-2H3,(H,20,24)(H2,21,22,23);1H. The van der Waals surface area contributed by atoms with Gasteiger partial charge in [-0.15, -0.1) is 24.0 Å². The number of likely N-dealkylation sites (N-methyl/N-ethyl adjacent to an activating group) is 1. The first kappa shape index (κ1) is 22.5. The van der Waals surface area contributed by atoms with Gasteiger partial charge in [0.2, 0.25) is 0 Å². The van der Waals surface area contributed by atoms with E-state index in [4.69, 9.17) is 4.74 Å². The molecular weight excluding hydrogens is 443 g/mol. The summed E-state index contributed by atoms with van der Waals surface area (Å²) in [5.74, 6) is 1.44. The fourth-order valence-electron chi connectivity index (χ4n) is 2.88. The average Bonchev–Trinajstić information content (AvgIpc) is 3.12. The van der Waals surface area contributed by atoms with Gasteiger partial charge in [0.25, 0.3) is 5.91 Å². The Hall–Kier alpha value is -1.51. The van der Waals surface area contributed by atoms with Gasteiger partial charge in [-0.2, -0.15) is 0 Å². The molecule has 3 N–H and O–H groups in total. The van der Waals surface area contributed by atoms with Crippen LogP contribution >= 0.6 is 24.0 Å². The fourth-order valence-corrected chi connectivity index (χ4v) is 2.88. The number of hydrogen-bond acceptors (Lipinski definition) is 3. The monoisotopic (exact) mass is 474 g/mol. The molecule has 1 aliphatic rings. The van der Waals surface area contributed by atoms with Crippen molar-refractivity contribution in [2.45, 2.75) is 52.1 Å². The molecule has 26 heavy (non-hydrogen) atoms. The number of carbonyl (C=O) groups excluding carboxylic acids is 1. The molecule has 0 spiro atoms. The van der Waals surface area contributed by atoms with Gasteiger partial charge >= 0.3 is 0 Å². The highest BCUT2D eigenvalue weighted by molar-refractivity contribution is 14.0. The van der Waals surface area contributed by atoms with E-state index in [9.17, 15) is 4.79 Å². The second-order valence-electron chi connectivity index (χ2n) is 6.21. The Labute approximate surface area is 173 Å². The first-order chi connectivity index (χ1) is 12.2. The zero-order valence-electron chi connectivity index (χ0n) is 15.7. The molecule has 0 atom stereocenters. The van der Waals surface area contributed by atoms with E-state index in [0.717, 1.165) is 18.1 Å². The normalized spacial score (nSPS) is 14.5. The summed E-state index contributed by atoms with van der Waals surface area (Å²) in [4.78, 5) is 16.2. The van der Waals surface area contributed by atoms with Crippen molar-refractivity contribution in [2.75, 3.05) is 19.7 Å². The SMILES string of the molecule is CCNC(=O)COc1cccc(CN=C(NCC)NC2CCCC2)c1.I. The maximum absolute atomic E-state index is 11.5. The van der Waals surface area contributed by atoms with Crippen molar-refractivity contribution in [3.05, 3.63) is 29.8 Å². The number of nitrogens with one attached hydrogen (secondary N) is 3. The van der Waals surface area contributed by atoms with Crippen LogP contribution in [0, 0.1) is 0 Å². The van der Waals surface area contributed by atoms with Gasteiger partial charge in [0, 0.05) is 19.1 Å². The molecule has 7 heteroatoms. The molecular formula is C19H31IN4O2. The van der Waals surface area contributed by atoms with E-state index in [1.165, 1.54) is 25.7 Å². The maximum atomic E-state index is 11.5. The van der Waals surface area contributed by atoms with Crippen LogP contribution in [-0.4, -0.2) is 37.6 Å². The topological polar surface area (TPSA) is 74.8 Å². The molecule has 1 fully saturated rings. The molecule has 1 aromatic rings. The molecule has 0 aromatic heterocycles. The molecule has 0 bridgehead atoms. The van der Waals surface area contributed by atoms with Crippen molar-refractivity contribution in [2.24, 2.45) is 4.99 Å². The number of guanidine groups is 1. The lowest BCUT2D eigenvalue weighted by molar-refractivity contribution is -0.122. The Morgan fingerprint density at radius 1 is 1.19 bits per heavy atom. The number of hydrogen-bond donors (Lipinski definition) is 3. The summed E-state index contributed by atoms with van der Waals surface area (Å²) in [5, 5.41) is 9.53. The summed E-state index contributed by atoms with van der Waals surface area (Å²) >= 11 is 0. The van der Waals surface area contributed by atoms with Crippen LogP contribution < -0.4 is 20.7 Å². The maximum Gasteiger partial charge on any atom is 0.257 e. The van der Waals surface area contributed by atoms with Gasteiger partial charge in [0.15, 0.2) is 12.6 Å². The second kappa shape index (κ2) is 12.8. The Bertz CT molecular complexity index is 574. The number of rotatable bonds is 8. The number of benzene rings is 1. The van der Waals surface area contributed by atoms with Crippen LogP contribution in [-0.2, 0) is 11.3 Å². The minimum Gasteiger partial charge on any atom is -0.484 e. The number of aliphatic imine (C=N–C) groups is 1. The summed E-state index contributed by atoms with van der Waals surface area (Å²) in [6, 6.07) is 8.26. The molecule has 0 unspecified atom stereocenters. The number of halogens is 1. The summed E-state index contributed by atoms with van der Waals surface area (Å²) < 4.78 is 5.53. The molecule has 2 rings (SSSR count).